The molecule has 0 aliphatic carbocycles. The molecule has 14 heavy (non-hydrogen) atoms. The molecular formula is C11H23N3. The maximum Gasteiger partial charge on any atom is 0.0623 e. The van der Waals surface area contributed by atoms with Gasteiger partial charge < -0.3 is 5.32 Å². The number of likely N-dealkylation sites (tertiary alicyclic amines) is 1. The molecule has 2 fully saturated rings. The van der Waals surface area contributed by atoms with Gasteiger partial charge in [-0.1, -0.05) is 0 Å². The average Bonchev–Trinajstić information content (AvgIpc) is 2.20. The first-order chi connectivity index (χ1) is 6.79. The lowest BCUT2D eigenvalue weighted by Gasteiger charge is -2.45. The average molecular weight is 197 g/mol. The molecule has 2 aliphatic rings. The first-order valence-corrected chi connectivity index (χ1v) is 5.96. The SMILES string of the molecule is CC1CNCCN1C1CCCCN1C. The van der Waals surface area contributed by atoms with Crippen LogP contribution < -0.4 is 5.32 Å². The van der Waals surface area contributed by atoms with E-state index in [0.717, 1.165) is 13.1 Å². The second kappa shape index (κ2) is 4.60. The second-order valence-electron chi connectivity index (χ2n) is 4.75. The molecule has 0 aromatic carbocycles. The maximum absolute atomic E-state index is 3.46. The van der Waals surface area contributed by atoms with Gasteiger partial charge in [0.05, 0.1) is 6.17 Å². The summed E-state index contributed by atoms with van der Waals surface area (Å²) in [7, 11) is 2.28. The summed E-state index contributed by atoms with van der Waals surface area (Å²) in [5.74, 6) is 0. The molecule has 2 saturated heterocycles. The molecule has 0 aromatic rings. The van der Waals surface area contributed by atoms with Crippen LogP contribution in [0.1, 0.15) is 26.2 Å². The van der Waals surface area contributed by atoms with Crippen molar-refractivity contribution in [3.8, 4) is 0 Å². The van der Waals surface area contributed by atoms with Crippen molar-refractivity contribution in [1.29, 1.82) is 0 Å². The van der Waals surface area contributed by atoms with Crippen LogP contribution >= 0.6 is 0 Å². The Hall–Kier alpha value is -0.120. The van der Waals surface area contributed by atoms with Crippen LogP contribution in [0, 0.1) is 0 Å². The first kappa shape index (κ1) is 10.4. The molecule has 0 amide bonds. The van der Waals surface area contributed by atoms with Crippen molar-refractivity contribution in [2.24, 2.45) is 0 Å². The molecule has 2 unspecified atom stereocenters. The van der Waals surface area contributed by atoms with Gasteiger partial charge in [-0.05, 0) is 39.8 Å². The van der Waals surface area contributed by atoms with Crippen LogP contribution in [0.4, 0.5) is 0 Å². The Labute approximate surface area is 87.4 Å². The van der Waals surface area contributed by atoms with Gasteiger partial charge in [0.1, 0.15) is 0 Å². The quantitative estimate of drug-likeness (QED) is 0.668. The summed E-state index contributed by atoms with van der Waals surface area (Å²) in [5, 5.41) is 3.46. The highest BCUT2D eigenvalue weighted by Crippen LogP contribution is 2.21. The third-order valence-electron chi connectivity index (χ3n) is 3.67. The monoisotopic (exact) mass is 197 g/mol. The van der Waals surface area contributed by atoms with Crippen molar-refractivity contribution in [2.45, 2.75) is 38.4 Å². The molecule has 0 saturated carbocycles. The van der Waals surface area contributed by atoms with Gasteiger partial charge in [-0.2, -0.15) is 0 Å². The van der Waals surface area contributed by atoms with Crippen molar-refractivity contribution in [1.82, 2.24) is 15.1 Å². The Morgan fingerprint density at radius 3 is 2.79 bits per heavy atom. The van der Waals surface area contributed by atoms with E-state index >= 15 is 0 Å². The summed E-state index contributed by atoms with van der Waals surface area (Å²) in [6.07, 6.45) is 4.86. The van der Waals surface area contributed by atoms with Gasteiger partial charge in [-0.25, -0.2) is 0 Å². The predicted octanol–water partition coefficient (Wildman–Crippen LogP) is 0.722. The highest BCUT2D eigenvalue weighted by atomic mass is 15.4. The third-order valence-corrected chi connectivity index (χ3v) is 3.67. The molecule has 1 N–H and O–H groups in total. The lowest BCUT2D eigenvalue weighted by atomic mass is 10.0. The molecule has 2 heterocycles. The summed E-state index contributed by atoms with van der Waals surface area (Å²) in [5.41, 5.74) is 0. The first-order valence-electron chi connectivity index (χ1n) is 5.96. The van der Waals surface area contributed by atoms with Crippen LogP contribution in [0.5, 0.6) is 0 Å². The summed E-state index contributed by atoms with van der Waals surface area (Å²) in [6, 6.07) is 0.703. The molecule has 2 atom stereocenters. The number of hydrogen-bond acceptors (Lipinski definition) is 3. The fourth-order valence-electron chi connectivity index (χ4n) is 2.78. The minimum atomic E-state index is 0.703. The topological polar surface area (TPSA) is 18.5 Å². The Morgan fingerprint density at radius 1 is 1.21 bits per heavy atom. The number of nitrogens with zero attached hydrogens (tertiary/aromatic N) is 2. The van der Waals surface area contributed by atoms with Gasteiger partial charge in [0.25, 0.3) is 0 Å². The Bertz CT molecular complexity index is 163. The number of nitrogens with one attached hydrogen (secondary N) is 1. The molecule has 0 spiro atoms. The molecule has 0 bridgehead atoms. The molecule has 2 rings (SSSR count). The van der Waals surface area contributed by atoms with E-state index in [4.69, 9.17) is 0 Å². The van der Waals surface area contributed by atoms with Crippen LogP contribution in [0.3, 0.4) is 0 Å². The van der Waals surface area contributed by atoms with Gasteiger partial charge in [0.2, 0.25) is 0 Å². The minimum absolute atomic E-state index is 0.703. The molecule has 0 aromatic heterocycles. The van der Waals surface area contributed by atoms with E-state index in [9.17, 15) is 0 Å². The number of rotatable bonds is 1. The smallest absolute Gasteiger partial charge is 0.0623 e. The zero-order chi connectivity index (χ0) is 9.97. The summed E-state index contributed by atoms with van der Waals surface area (Å²) >= 11 is 0. The van der Waals surface area contributed by atoms with Crippen LogP contribution in [-0.2, 0) is 0 Å². The van der Waals surface area contributed by atoms with E-state index in [-0.39, 0.29) is 0 Å². The lowest BCUT2D eigenvalue weighted by molar-refractivity contribution is -0.00326. The Kier molecular flexibility index (Phi) is 3.42. The van der Waals surface area contributed by atoms with Crippen molar-refractivity contribution >= 4 is 0 Å². The zero-order valence-electron chi connectivity index (χ0n) is 9.50. The minimum Gasteiger partial charge on any atom is -0.314 e. The van der Waals surface area contributed by atoms with Crippen molar-refractivity contribution < 1.29 is 0 Å². The Morgan fingerprint density at radius 2 is 2.07 bits per heavy atom. The van der Waals surface area contributed by atoms with Gasteiger partial charge >= 0.3 is 0 Å². The van der Waals surface area contributed by atoms with Crippen molar-refractivity contribution in [2.75, 3.05) is 33.2 Å². The van der Waals surface area contributed by atoms with E-state index in [1.165, 1.54) is 32.4 Å². The van der Waals surface area contributed by atoms with E-state index in [0.29, 0.717) is 12.2 Å². The highest BCUT2D eigenvalue weighted by molar-refractivity contribution is 4.83. The molecule has 3 nitrogen and oxygen atoms in total. The van der Waals surface area contributed by atoms with E-state index < -0.39 is 0 Å². The number of piperazine rings is 1. The van der Waals surface area contributed by atoms with Crippen LogP contribution in [0.25, 0.3) is 0 Å². The van der Waals surface area contributed by atoms with Crippen LogP contribution in [0.2, 0.25) is 0 Å². The van der Waals surface area contributed by atoms with Gasteiger partial charge in [-0.3, -0.25) is 9.80 Å². The summed E-state index contributed by atoms with van der Waals surface area (Å²) < 4.78 is 0. The number of piperidine rings is 1. The van der Waals surface area contributed by atoms with Gasteiger partial charge in [0, 0.05) is 25.7 Å². The van der Waals surface area contributed by atoms with Crippen molar-refractivity contribution in [3.05, 3.63) is 0 Å². The highest BCUT2D eigenvalue weighted by Gasteiger charge is 2.29. The normalized spacial score (nSPS) is 37.3. The fraction of sp³-hybridized carbons (Fsp3) is 1.00. The van der Waals surface area contributed by atoms with Crippen molar-refractivity contribution in [3.63, 3.8) is 0 Å². The molecule has 82 valence electrons. The Balaban J connectivity index is 1.96. The maximum atomic E-state index is 3.46. The lowest BCUT2D eigenvalue weighted by Crippen LogP contribution is -2.59. The molecule has 0 radical (unpaired) electrons. The largest absolute Gasteiger partial charge is 0.314 e. The predicted molar refractivity (Wildman–Crippen MR) is 59.3 cm³/mol. The van der Waals surface area contributed by atoms with Crippen LogP contribution in [0.15, 0.2) is 0 Å². The van der Waals surface area contributed by atoms with Gasteiger partial charge in [0.15, 0.2) is 0 Å². The zero-order valence-corrected chi connectivity index (χ0v) is 9.50. The number of hydrogen-bond donors (Lipinski definition) is 1. The van der Waals surface area contributed by atoms with Gasteiger partial charge in [-0.15, -0.1) is 0 Å². The van der Waals surface area contributed by atoms with E-state index in [1.54, 1.807) is 0 Å². The standard InChI is InChI=1S/C11H23N3/c1-10-9-12-6-8-14(10)11-5-3-4-7-13(11)2/h10-12H,3-9H2,1-2H3. The summed E-state index contributed by atoms with van der Waals surface area (Å²) in [6.45, 7) is 7.16. The fourth-order valence-corrected chi connectivity index (χ4v) is 2.78. The molecule has 3 heteroatoms. The van der Waals surface area contributed by atoms with E-state index in [2.05, 4.69) is 29.1 Å². The van der Waals surface area contributed by atoms with E-state index in [1.807, 2.05) is 0 Å². The summed E-state index contributed by atoms with van der Waals surface area (Å²) in [4.78, 5) is 5.21. The van der Waals surface area contributed by atoms with Crippen LogP contribution in [-0.4, -0.2) is 55.2 Å². The molecular weight excluding hydrogens is 174 g/mol. The molecule has 2 aliphatic heterocycles. The second-order valence-corrected chi connectivity index (χ2v) is 4.75. The third kappa shape index (κ3) is 2.10.